The van der Waals surface area contributed by atoms with Crippen LogP contribution in [0, 0.1) is 0 Å². The Morgan fingerprint density at radius 3 is 2.29 bits per heavy atom. The van der Waals surface area contributed by atoms with Gasteiger partial charge in [0.25, 0.3) is 0 Å². The van der Waals surface area contributed by atoms with Crippen molar-refractivity contribution in [3.05, 3.63) is 16.9 Å². The van der Waals surface area contributed by atoms with Gasteiger partial charge in [-0.1, -0.05) is 12.8 Å². The van der Waals surface area contributed by atoms with Crippen LogP contribution in [0.1, 0.15) is 25.7 Å². The Morgan fingerprint density at radius 2 is 1.71 bits per heavy atom. The quantitative estimate of drug-likeness (QED) is 0.863. The van der Waals surface area contributed by atoms with Gasteiger partial charge in [0.15, 0.2) is 0 Å². The fraction of sp³-hybridized carbons (Fsp3) is 0.643. The molecule has 1 aromatic rings. The number of anilines is 1. The first-order chi connectivity index (χ1) is 10.1. The number of nitrogens with zero attached hydrogens (tertiary/aromatic N) is 4. The highest BCUT2D eigenvalue weighted by Gasteiger charge is 2.40. The van der Waals surface area contributed by atoms with E-state index in [2.05, 4.69) is 30.8 Å². The Labute approximate surface area is 132 Å². The number of piperazine rings is 1. The molecule has 2 N–H and O–H groups in total. The molecule has 21 heavy (non-hydrogen) atoms. The van der Waals surface area contributed by atoms with Crippen LogP contribution in [0.15, 0.2) is 16.9 Å². The van der Waals surface area contributed by atoms with Gasteiger partial charge in [-0.15, -0.1) is 0 Å². The van der Waals surface area contributed by atoms with Gasteiger partial charge in [-0.3, -0.25) is 4.79 Å². The van der Waals surface area contributed by atoms with Crippen LogP contribution >= 0.6 is 15.9 Å². The van der Waals surface area contributed by atoms with E-state index in [1.165, 1.54) is 0 Å². The number of carbonyl (C=O) groups is 1. The van der Waals surface area contributed by atoms with Gasteiger partial charge in [-0.2, -0.15) is 0 Å². The molecule has 1 saturated heterocycles. The Balaban J connectivity index is 1.60. The summed E-state index contributed by atoms with van der Waals surface area (Å²) in [4.78, 5) is 25.2. The summed E-state index contributed by atoms with van der Waals surface area (Å²) in [6.45, 7) is 2.89. The number of nitrogens with two attached hydrogens (primary N) is 1. The molecule has 2 heterocycles. The van der Waals surface area contributed by atoms with Gasteiger partial charge in [0.2, 0.25) is 11.9 Å². The van der Waals surface area contributed by atoms with Gasteiger partial charge in [0.05, 0.1) is 10.0 Å². The number of amides is 1. The molecule has 7 heteroatoms. The van der Waals surface area contributed by atoms with E-state index in [4.69, 9.17) is 5.73 Å². The highest BCUT2D eigenvalue weighted by atomic mass is 79.9. The van der Waals surface area contributed by atoms with Crippen molar-refractivity contribution in [2.45, 2.75) is 31.2 Å². The maximum Gasteiger partial charge on any atom is 0.242 e. The summed E-state index contributed by atoms with van der Waals surface area (Å²) in [5.74, 6) is 0.838. The standard InChI is InChI=1S/C14H20BrN5O/c15-11-9-17-13(18-10-11)20-7-5-19(6-8-20)12(21)14(16)3-1-2-4-14/h9-10H,1-8,16H2. The van der Waals surface area contributed by atoms with Gasteiger partial charge in [-0.05, 0) is 28.8 Å². The van der Waals surface area contributed by atoms with Crippen LogP contribution in [-0.2, 0) is 4.79 Å². The van der Waals surface area contributed by atoms with E-state index in [0.717, 1.165) is 43.2 Å². The van der Waals surface area contributed by atoms with Crippen molar-refractivity contribution >= 4 is 27.8 Å². The first-order valence-electron chi connectivity index (χ1n) is 7.39. The monoisotopic (exact) mass is 353 g/mol. The summed E-state index contributed by atoms with van der Waals surface area (Å²) in [6, 6.07) is 0. The highest BCUT2D eigenvalue weighted by molar-refractivity contribution is 9.10. The number of halogens is 1. The van der Waals surface area contributed by atoms with Crippen LogP contribution in [0.5, 0.6) is 0 Å². The average Bonchev–Trinajstić information content (AvgIpc) is 2.96. The SMILES string of the molecule is NC1(C(=O)N2CCN(c3ncc(Br)cn3)CC2)CCCC1. The van der Waals surface area contributed by atoms with E-state index >= 15 is 0 Å². The van der Waals surface area contributed by atoms with Gasteiger partial charge in [0.1, 0.15) is 0 Å². The Hall–Kier alpha value is -1.21. The van der Waals surface area contributed by atoms with E-state index in [1.807, 2.05) is 4.90 Å². The molecule has 0 radical (unpaired) electrons. The average molecular weight is 354 g/mol. The molecule has 3 rings (SSSR count). The third-order valence-corrected chi connectivity index (χ3v) is 4.79. The van der Waals surface area contributed by atoms with Gasteiger partial charge in [-0.25, -0.2) is 9.97 Å². The van der Waals surface area contributed by atoms with Crippen LogP contribution in [0.4, 0.5) is 5.95 Å². The topological polar surface area (TPSA) is 75.4 Å². The molecule has 1 aliphatic carbocycles. The summed E-state index contributed by atoms with van der Waals surface area (Å²) in [5, 5.41) is 0. The largest absolute Gasteiger partial charge is 0.338 e. The lowest BCUT2D eigenvalue weighted by molar-refractivity contribution is -0.137. The van der Waals surface area contributed by atoms with Gasteiger partial charge in [0, 0.05) is 38.6 Å². The van der Waals surface area contributed by atoms with E-state index in [9.17, 15) is 4.79 Å². The van der Waals surface area contributed by atoms with Crippen molar-refractivity contribution in [1.82, 2.24) is 14.9 Å². The molecule has 0 bridgehead atoms. The number of hydrogen-bond acceptors (Lipinski definition) is 5. The predicted molar refractivity (Wildman–Crippen MR) is 83.9 cm³/mol. The maximum absolute atomic E-state index is 12.6. The Kier molecular flexibility index (Phi) is 4.12. The Bertz CT molecular complexity index is 507. The molecule has 2 fully saturated rings. The van der Waals surface area contributed by atoms with Crippen LogP contribution in [0.25, 0.3) is 0 Å². The van der Waals surface area contributed by atoms with Gasteiger partial charge >= 0.3 is 0 Å². The first kappa shape index (κ1) is 14.7. The smallest absolute Gasteiger partial charge is 0.242 e. The molecule has 114 valence electrons. The maximum atomic E-state index is 12.6. The minimum atomic E-state index is -0.615. The lowest BCUT2D eigenvalue weighted by Gasteiger charge is -2.38. The second-order valence-electron chi connectivity index (χ2n) is 5.84. The van der Waals surface area contributed by atoms with E-state index in [1.54, 1.807) is 12.4 Å². The zero-order valence-corrected chi connectivity index (χ0v) is 13.5. The summed E-state index contributed by atoms with van der Waals surface area (Å²) >= 11 is 3.33. The zero-order valence-electron chi connectivity index (χ0n) is 12.0. The third-order valence-electron chi connectivity index (χ3n) is 4.38. The summed E-state index contributed by atoms with van der Waals surface area (Å²) in [6.07, 6.45) is 7.26. The second-order valence-corrected chi connectivity index (χ2v) is 6.76. The van der Waals surface area contributed by atoms with Crippen molar-refractivity contribution in [2.75, 3.05) is 31.1 Å². The summed E-state index contributed by atoms with van der Waals surface area (Å²) in [5.41, 5.74) is 5.65. The van der Waals surface area contributed by atoms with Crippen molar-refractivity contribution in [1.29, 1.82) is 0 Å². The molecule has 1 amide bonds. The number of carbonyl (C=O) groups excluding carboxylic acids is 1. The van der Waals surface area contributed by atoms with E-state index < -0.39 is 5.54 Å². The molecule has 2 aliphatic rings. The molecule has 0 aromatic carbocycles. The predicted octanol–water partition coefficient (Wildman–Crippen LogP) is 1.16. The fourth-order valence-corrected chi connectivity index (χ4v) is 3.32. The normalized spacial score (nSPS) is 21.6. The van der Waals surface area contributed by atoms with E-state index in [0.29, 0.717) is 19.0 Å². The number of aromatic nitrogens is 2. The van der Waals surface area contributed by atoms with Crippen molar-refractivity contribution in [3.8, 4) is 0 Å². The van der Waals surface area contributed by atoms with Crippen LogP contribution < -0.4 is 10.6 Å². The fourth-order valence-electron chi connectivity index (χ4n) is 3.11. The van der Waals surface area contributed by atoms with Crippen molar-refractivity contribution < 1.29 is 4.79 Å². The first-order valence-corrected chi connectivity index (χ1v) is 8.18. The minimum Gasteiger partial charge on any atom is -0.338 e. The molecule has 6 nitrogen and oxygen atoms in total. The summed E-state index contributed by atoms with van der Waals surface area (Å²) < 4.78 is 0.867. The summed E-state index contributed by atoms with van der Waals surface area (Å²) in [7, 11) is 0. The second kappa shape index (κ2) is 5.88. The molecule has 1 saturated carbocycles. The molecule has 1 aromatic heterocycles. The molecular formula is C14H20BrN5O. The number of hydrogen-bond donors (Lipinski definition) is 1. The number of rotatable bonds is 2. The van der Waals surface area contributed by atoms with E-state index in [-0.39, 0.29) is 5.91 Å². The molecular weight excluding hydrogens is 334 g/mol. The van der Waals surface area contributed by atoms with Crippen LogP contribution in [-0.4, -0.2) is 52.5 Å². The van der Waals surface area contributed by atoms with Gasteiger partial charge < -0.3 is 15.5 Å². The van der Waals surface area contributed by atoms with Crippen molar-refractivity contribution in [2.24, 2.45) is 5.73 Å². The molecule has 0 atom stereocenters. The molecule has 0 unspecified atom stereocenters. The molecule has 0 spiro atoms. The molecule has 1 aliphatic heterocycles. The third kappa shape index (κ3) is 3.03. The van der Waals surface area contributed by atoms with Crippen LogP contribution in [0.2, 0.25) is 0 Å². The van der Waals surface area contributed by atoms with Crippen LogP contribution in [0.3, 0.4) is 0 Å². The van der Waals surface area contributed by atoms with Crippen molar-refractivity contribution in [3.63, 3.8) is 0 Å². The zero-order chi connectivity index (χ0) is 14.9. The highest BCUT2D eigenvalue weighted by Crippen LogP contribution is 2.29. The Morgan fingerprint density at radius 1 is 1.14 bits per heavy atom. The lowest BCUT2D eigenvalue weighted by Crippen LogP contribution is -2.58. The minimum absolute atomic E-state index is 0.122. The lowest BCUT2D eigenvalue weighted by atomic mass is 9.97.